The van der Waals surface area contributed by atoms with E-state index >= 15 is 0 Å². The van der Waals surface area contributed by atoms with E-state index in [-0.39, 0.29) is 0 Å². The van der Waals surface area contributed by atoms with E-state index in [0.717, 1.165) is 11.0 Å². The number of aromatic nitrogens is 1. The molecule has 0 unspecified atom stereocenters. The number of benzene rings is 1. The summed E-state index contributed by atoms with van der Waals surface area (Å²) in [4.78, 5) is 4.41. The minimum Gasteiger partial charge on any atom is -0.454 e. The first-order valence-corrected chi connectivity index (χ1v) is 6.88. The number of rotatable bonds is 2. The first-order chi connectivity index (χ1) is 9.58. The van der Waals surface area contributed by atoms with E-state index in [2.05, 4.69) is 16.4 Å². The van der Waals surface area contributed by atoms with Crippen molar-refractivity contribution in [3.63, 3.8) is 0 Å². The van der Waals surface area contributed by atoms with Gasteiger partial charge in [0.2, 0.25) is 0 Å². The summed E-state index contributed by atoms with van der Waals surface area (Å²) < 4.78 is 5.81. The zero-order valence-corrected chi connectivity index (χ0v) is 12.5. The van der Waals surface area contributed by atoms with Crippen molar-refractivity contribution in [3.8, 4) is 11.5 Å². The Bertz CT molecular complexity index is 796. The summed E-state index contributed by atoms with van der Waals surface area (Å²) in [6, 6.07) is 9.60. The number of anilines is 1. The average Bonchev–Trinajstić information content (AvgIpc) is 2.81. The number of furan rings is 1. The lowest BCUT2D eigenvalue weighted by Gasteiger charge is -2.06. The zero-order chi connectivity index (χ0) is 14.3. The van der Waals surface area contributed by atoms with Crippen LogP contribution < -0.4 is 5.32 Å². The molecule has 3 nitrogen and oxygen atoms in total. The fourth-order valence-corrected chi connectivity index (χ4v) is 2.64. The predicted molar refractivity (Wildman–Crippen MR) is 83.7 cm³/mol. The molecule has 5 heteroatoms. The molecule has 2 heterocycles. The molecule has 0 bridgehead atoms. The summed E-state index contributed by atoms with van der Waals surface area (Å²) in [6.45, 7) is 2.04. The molecule has 0 saturated carbocycles. The van der Waals surface area contributed by atoms with Gasteiger partial charge in [0.1, 0.15) is 17.1 Å². The average molecular weight is 307 g/mol. The van der Waals surface area contributed by atoms with E-state index in [4.69, 9.17) is 27.6 Å². The lowest BCUT2D eigenvalue weighted by molar-refractivity contribution is 0.629. The van der Waals surface area contributed by atoms with Gasteiger partial charge in [-0.05, 0) is 31.2 Å². The fourth-order valence-electron chi connectivity index (χ4n) is 2.09. The predicted octanol–water partition coefficient (Wildman–Crippen LogP) is 5.15. The molecule has 0 fully saturated rings. The van der Waals surface area contributed by atoms with Gasteiger partial charge in [-0.1, -0.05) is 34.8 Å². The minimum absolute atomic E-state index is 0.463. The van der Waals surface area contributed by atoms with Crippen LogP contribution in [0.1, 0.15) is 5.56 Å². The zero-order valence-electron chi connectivity index (χ0n) is 11.0. The Hall–Kier alpha value is -1.71. The highest BCUT2D eigenvalue weighted by Crippen LogP contribution is 2.35. The van der Waals surface area contributed by atoms with E-state index in [1.165, 1.54) is 5.56 Å². The van der Waals surface area contributed by atoms with Crippen LogP contribution in [-0.4, -0.2) is 12.0 Å². The fraction of sp³-hybridized carbons (Fsp3) is 0.133. The van der Waals surface area contributed by atoms with Gasteiger partial charge in [-0.25, -0.2) is 4.98 Å². The summed E-state index contributed by atoms with van der Waals surface area (Å²) in [5, 5.41) is 4.90. The Kier molecular flexibility index (Phi) is 3.32. The summed E-state index contributed by atoms with van der Waals surface area (Å²) in [6.07, 6.45) is 0. The highest BCUT2D eigenvalue weighted by atomic mass is 35.5. The van der Waals surface area contributed by atoms with Crippen LogP contribution in [0.15, 0.2) is 34.7 Å². The summed E-state index contributed by atoms with van der Waals surface area (Å²) in [5.41, 5.74) is 2.56. The maximum Gasteiger partial charge on any atom is 0.155 e. The second kappa shape index (κ2) is 5.00. The van der Waals surface area contributed by atoms with Crippen molar-refractivity contribution in [3.05, 3.63) is 45.9 Å². The molecule has 2 aromatic heterocycles. The van der Waals surface area contributed by atoms with Crippen molar-refractivity contribution in [2.24, 2.45) is 0 Å². The van der Waals surface area contributed by atoms with Crippen molar-refractivity contribution in [2.45, 2.75) is 6.92 Å². The van der Waals surface area contributed by atoms with Crippen LogP contribution in [0.4, 0.5) is 5.82 Å². The Morgan fingerprint density at radius 1 is 1.10 bits per heavy atom. The van der Waals surface area contributed by atoms with Crippen LogP contribution in [0.25, 0.3) is 22.4 Å². The normalized spacial score (nSPS) is 11.0. The van der Waals surface area contributed by atoms with E-state index in [1.54, 1.807) is 13.1 Å². The van der Waals surface area contributed by atoms with E-state index < -0.39 is 0 Å². The van der Waals surface area contributed by atoms with Crippen molar-refractivity contribution < 1.29 is 4.42 Å². The second-order valence-electron chi connectivity index (χ2n) is 4.55. The molecule has 3 rings (SSSR count). The number of halogens is 2. The van der Waals surface area contributed by atoms with Crippen LogP contribution in [-0.2, 0) is 0 Å². The third-order valence-electron chi connectivity index (χ3n) is 3.07. The Morgan fingerprint density at radius 2 is 1.90 bits per heavy atom. The van der Waals surface area contributed by atoms with E-state index in [0.29, 0.717) is 27.3 Å². The van der Waals surface area contributed by atoms with Crippen molar-refractivity contribution in [1.82, 2.24) is 4.98 Å². The number of hydrogen-bond acceptors (Lipinski definition) is 3. The molecule has 0 spiro atoms. The molecule has 20 heavy (non-hydrogen) atoms. The van der Waals surface area contributed by atoms with E-state index in [1.807, 2.05) is 25.1 Å². The lowest BCUT2D eigenvalue weighted by atomic mass is 10.2. The van der Waals surface area contributed by atoms with Crippen LogP contribution in [0.5, 0.6) is 0 Å². The molecule has 0 aliphatic rings. The molecule has 1 N–H and O–H groups in total. The molecule has 0 aliphatic carbocycles. The highest BCUT2D eigenvalue weighted by Gasteiger charge is 2.14. The first-order valence-electron chi connectivity index (χ1n) is 6.13. The minimum atomic E-state index is 0.463. The summed E-state index contributed by atoms with van der Waals surface area (Å²) >= 11 is 12.3. The maximum absolute atomic E-state index is 6.22. The SMILES string of the molecule is CNc1nc(-c2cc3cc(C)ccc3o2)c(Cl)cc1Cl. The van der Waals surface area contributed by atoms with Gasteiger partial charge in [0.15, 0.2) is 5.76 Å². The molecular weight excluding hydrogens is 295 g/mol. The van der Waals surface area contributed by atoms with Crippen LogP contribution in [0, 0.1) is 6.92 Å². The van der Waals surface area contributed by atoms with E-state index in [9.17, 15) is 0 Å². The molecule has 0 amide bonds. The number of aryl methyl sites for hydroxylation is 1. The number of nitrogens with one attached hydrogen (secondary N) is 1. The quantitative estimate of drug-likeness (QED) is 0.711. The molecule has 0 saturated heterocycles. The number of nitrogens with zero attached hydrogens (tertiary/aromatic N) is 1. The molecule has 0 atom stereocenters. The largest absolute Gasteiger partial charge is 0.454 e. The standard InChI is InChI=1S/C15H12Cl2N2O/c1-8-3-4-12-9(5-8)6-13(20-12)14-10(16)7-11(17)15(18-2)19-14/h3-7H,1-2H3,(H,18,19). The monoisotopic (exact) mass is 306 g/mol. The molecule has 1 aromatic carbocycles. The van der Waals surface area contributed by atoms with Crippen molar-refractivity contribution in [1.29, 1.82) is 0 Å². The van der Waals surface area contributed by atoms with Gasteiger partial charge in [-0.3, -0.25) is 0 Å². The smallest absolute Gasteiger partial charge is 0.155 e. The Balaban J connectivity index is 2.19. The maximum atomic E-state index is 6.22. The summed E-state index contributed by atoms with van der Waals surface area (Å²) in [7, 11) is 1.76. The lowest BCUT2D eigenvalue weighted by Crippen LogP contribution is -1.95. The third kappa shape index (κ3) is 2.23. The topological polar surface area (TPSA) is 38.1 Å². The van der Waals surface area contributed by atoms with Crippen molar-refractivity contribution >= 4 is 40.0 Å². The van der Waals surface area contributed by atoms with Gasteiger partial charge in [-0.15, -0.1) is 0 Å². The number of hydrogen-bond donors (Lipinski definition) is 1. The van der Waals surface area contributed by atoms with Gasteiger partial charge >= 0.3 is 0 Å². The van der Waals surface area contributed by atoms with Crippen LogP contribution in [0.2, 0.25) is 10.0 Å². The third-order valence-corrected chi connectivity index (χ3v) is 3.65. The highest BCUT2D eigenvalue weighted by molar-refractivity contribution is 6.37. The van der Waals surface area contributed by atoms with Crippen LogP contribution >= 0.6 is 23.2 Å². The number of pyridine rings is 1. The van der Waals surface area contributed by atoms with Gasteiger partial charge in [-0.2, -0.15) is 0 Å². The first kappa shape index (κ1) is 13.3. The summed E-state index contributed by atoms with van der Waals surface area (Å²) in [5.74, 6) is 1.20. The second-order valence-corrected chi connectivity index (χ2v) is 5.37. The Morgan fingerprint density at radius 3 is 2.65 bits per heavy atom. The molecule has 3 aromatic rings. The number of fused-ring (bicyclic) bond motifs is 1. The van der Waals surface area contributed by atoms with Gasteiger partial charge in [0, 0.05) is 12.4 Å². The molecule has 0 aliphatic heterocycles. The Labute approximate surface area is 126 Å². The van der Waals surface area contributed by atoms with Crippen molar-refractivity contribution in [2.75, 3.05) is 12.4 Å². The molecule has 0 radical (unpaired) electrons. The molecular formula is C15H12Cl2N2O. The molecule has 102 valence electrons. The van der Waals surface area contributed by atoms with Gasteiger partial charge < -0.3 is 9.73 Å². The van der Waals surface area contributed by atoms with Gasteiger partial charge in [0.25, 0.3) is 0 Å². The van der Waals surface area contributed by atoms with Gasteiger partial charge in [0.05, 0.1) is 10.0 Å². The van der Waals surface area contributed by atoms with Crippen LogP contribution in [0.3, 0.4) is 0 Å².